The van der Waals surface area contributed by atoms with Crippen molar-refractivity contribution < 1.29 is 23.0 Å². The summed E-state index contributed by atoms with van der Waals surface area (Å²) in [7, 11) is 0. The van der Waals surface area contributed by atoms with Crippen molar-refractivity contribution in [1.82, 2.24) is 4.90 Å². The number of carbonyl (C=O) groups excluding carboxylic acids is 1. The van der Waals surface area contributed by atoms with Crippen LogP contribution >= 0.6 is 0 Å². The summed E-state index contributed by atoms with van der Waals surface area (Å²) in [4.78, 5) is 14.9. The number of alkyl halides is 2. The Morgan fingerprint density at radius 3 is 2.67 bits per heavy atom. The van der Waals surface area contributed by atoms with Crippen LogP contribution in [0.1, 0.15) is 34.9 Å². The van der Waals surface area contributed by atoms with E-state index in [1.807, 2.05) is 18.2 Å². The van der Waals surface area contributed by atoms with Crippen LogP contribution in [-0.2, 0) is 4.74 Å². The van der Waals surface area contributed by atoms with Crippen LogP contribution in [0.25, 0.3) is 0 Å². The Hall–Kier alpha value is -2.67. The Kier molecular flexibility index (Phi) is 4.94. The van der Waals surface area contributed by atoms with Crippen LogP contribution in [-0.4, -0.2) is 36.7 Å². The van der Waals surface area contributed by atoms with Gasteiger partial charge in [-0.1, -0.05) is 24.3 Å². The van der Waals surface area contributed by atoms with Gasteiger partial charge in [-0.2, -0.15) is 8.78 Å². The van der Waals surface area contributed by atoms with Gasteiger partial charge in [-0.3, -0.25) is 4.79 Å². The summed E-state index contributed by atoms with van der Waals surface area (Å²) in [6.45, 7) is -1.69. The molecule has 2 aromatic rings. The van der Waals surface area contributed by atoms with E-state index in [4.69, 9.17) is 4.74 Å². The normalized spacial score (nSPS) is 21.9. The Morgan fingerprint density at radius 2 is 1.96 bits per heavy atom. The van der Waals surface area contributed by atoms with Gasteiger partial charge in [-0.15, -0.1) is 0 Å². The number of hydrogen-bond donors (Lipinski definition) is 1. The predicted molar refractivity (Wildman–Crippen MR) is 95.9 cm³/mol. The Balaban J connectivity index is 1.64. The number of nitrogens with zero attached hydrogens (tertiary/aromatic N) is 1. The van der Waals surface area contributed by atoms with Crippen molar-refractivity contribution >= 4 is 11.6 Å². The number of rotatable bonds is 5. The van der Waals surface area contributed by atoms with Crippen molar-refractivity contribution in [2.45, 2.75) is 31.7 Å². The van der Waals surface area contributed by atoms with E-state index in [9.17, 15) is 13.6 Å². The third-order valence-electron chi connectivity index (χ3n) is 4.87. The number of anilines is 1. The first-order valence-corrected chi connectivity index (χ1v) is 8.95. The highest BCUT2D eigenvalue weighted by Gasteiger charge is 2.35. The molecule has 0 aromatic heterocycles. The fraction of sp³-hybridized carbons (Fsp3) is 0.350. The zero-order valence-corrected chi connectivity index (χ0v) is 14.6. The van der Waals surface area contributed by atoms with E-state index in [1.165, 1.54) is 12.1 Å². The first-order chi connectivity index (χ1) is 13.1. The van der Waals surface area contributed by atoms with E-state index >= 15 is 0 Å². The Morgan fingerprint density at radius 1 is 1.19 bits per heavy atom. The second-order valence-corrected chi connectivity index (χ2v) is 6.63. The van der Waals surface area contributed by atoms with Gasteiger partial charge in [0.25, 0.3) is 5.91 Å². The van der Waals surface area contributed by atoms with Gasteiger partial charge in [-0.05, 0) is 42.7 Å². The lowest BCUT2D eigenvalue weighted by molar-refractivity contribution is -0.0498. The third-order valence-corrected chi connectivity index (χ3v) is 4.87. The van der Waals surface area contributed by atoms with Crippen LogP contribution < -0.4 is 10.1 Å². The summed E-state index contributed by atoms with van der Waals surface area (Å²) in [5.41, 5.74) is 2.16. The van der Waals surface area contributed by atoms with Gasteiger partial charge in [0.1, 0.15) is 11.9 Å². The van der Waals surface area contributed by atoms with Crippen LogP contribution in [0.15, 0.2) is 48.5 Å². The largest absolute Gasteiger partial charge is 0.435 e. The second kappa shape index (κ2) is 7.52. The highest BCUT2D eigenvalue weighted by molar-refractivity contribution is 6.01. The molecule has 0 spiro atoms. The van der Waals surface area contributed by atoms with E-state index < -0.39 is 12.8 Å². The number of halogens is 2. The summed E-state index contributed by atoms with van der Waals surface area (Å²) >= 11 is 0. The van der Waals surface area contributed by atoms with Gasteiger partial charge in [0, 0.05) is 18.8 Å². The number of amides is 1. The molecule has 2 atom stereocenters. The van der Waals surface area contributed by atoms with Crippen LogP contribution in [0.3, 0.4) is 0 Å². The highest BCUT2D eigenvalue weighted by atomic mass is 19.3. The molecule has 2 aromatic carbocycles. The standard InChI is InChI=1S/C20H20F2N2O3/c21-20(22)27-14-9-7-13(8-10-14)18-23-17-6-2-1-5-16(17)19(25)24(18)12-15-4-3-11-26-15/h1-2,5-10,15,18,20,23H,3-4,11-12H2/t15-,18-/m0/s1. The number of nitrogens with one attached hydrogen (secondary N) is 1. The Bertz CT molecular complexity index is 807. The molecule has 0 saturated carbocycles. The zero-order valence-electron chi connectivity index (χ0n) is 14.6. The molecule has 4 rings (SSSR count). The van der Waals surface area contributed by atoms with E-state index in [1.54, 1.807) is 23.1 Å². The molecule has 1 saturated heterocycles. The van der Waals surface area contributed by atoms with Crippen LogP contribution in [0.4, 0.5) is 14.5 Å². The second-order valence-electron chi connectivity index (χ2n) is 6.63. The summed E-state index contributed by atoms with van der Waals surface area (Å²) in [6.07, 6.45) is 1.50. The lowest BCUT2D eigenvalue weighted by Crippen LogP contribution is -2.46. The van der Waals surface area contributed by atoms with Crippen molar-refractivity contribution in [2.75, 3.05) is 18.5 Å². The maximum absolute atomic E-state index is 13.1. The lowest BCUT2D eigenvalue weighted by Gasteiger charge is -2.39. The fourth-order valence-corrected chi connectivity index (χ4v) is 3.58. The number of para-hydroxylation sites is 1. The minimum absolute atomic E-state index is 0.00459. The van der Waals surface area contributed by atoms with Crippen LogP contribution in [0.2, 0.25) is 0 Å². The Labute approximate surface area is 155 Å². The summed E-state index contributed by atoms with van der Waals surface area (Å²) < 4.78 is 34.9. The third kappa shape index (κ3) is 3.73. The van der Waals surface area contributed by atoms with E-state index in [0.29, 0.717) is 18.7 Å². The number of fused-ring (bicyclic) bond motifs is 1. The van der Waals surface area contributed by atoms with Crippen molar-refractivity contribution in [3.05, 3.63) is 59.7 Å². The smallest absolute Gasteiger partial charge is 0.387 e. The molecule has 7 heteroatoms. The number of hydrogen-bond acceptors (Lipinski definition) is 4. The molecular weight excluding hydrogens is 354 g/mol. The quantitative estimate of drug-likeness (QED) is 0.858. The minimum Gasteiger partial charge on any atom is -0.435 e. The predicted octanol–water partition coefficient (Wildman–Crippen LogP) is 4.03. The average molecular weight is 374 g/mol. The highest BCUT2D eigenvalue weighted by Crippen LogP contribution is 2.34. The molecule has 142 valence electrons. The molecule has 0 bridgehead atoms. The molecule has 2 heterocycles. The van der Waals surface area contributed by atoms with Crippen LogP contribution in [0.5, 0.6) is 5.75 Å². The molecule has 1 N–H and O–H groups in total. The molecule has 1 amide bonds. The summed E-state index contributed by atoms with van der Waals surface area (Å²) in [6, 6.07) is 13.7. The lowest BCUT2D eigenvalue weighted by atomic mass is 10.0. The number of benzene rings is 2. The van der Waals surface area contributed by atoms with Gasteiger partial charge in [-0.25, -0.2) is 0 Å². The van der Waals surface area contributed by atoms with E-state index in [2.05, 4.69) is 10.1 Å². The molecule has 5 nitrogen and oxygen atoms in total. The van der Waals surface area contributed by atoms with Gasteiger partial charge in [0.2, 0.25) is 0 Å². The molecule has 0 radical (unpaired) electrons. The zero-order chi connectivity index (χ0) is 18.8. The van der Waals surface area contributed by atoms with Gasteiger partial charge in [0.15, 0.2) is 0 Å². The van der Waals surface area contributed by atoms with Gasteiger partial charge >= 0.3 is 6.61 Å². The molecule has 2 aliphatic heterocycles. The summed E-state index contributed by atoms with van der Waals surface area (Å²) in [5.74, 6) is 0.0136. The molecule has 1 fully saturated rings. The van der Waals surface area contributed by atoms with Crippen molar-refractivity contribution in [1.29, 1.82) is 0 Å². The minimum atomic E-state index is -2.87. The first-order valence-electron chi connectivity index (χ1n) is 8.95. The van der Waals surface area contributed by atoms with Crippen molar-refractivity contribution in [3.8, 4) is 5.75 Å². The van der Waals surface area contributed by atoms with Gasteiger partial charge in [0.05, 0.1) is 11.7 Å². The number of carbonyl (C=O) groups is 1. The molecule has 2 aliphatic rings. The first kappa shape index (κ1) is 17.7. The average Bonchev–Trinajstić information content (AvgIpc) is 3.17. The van der Waals surface area contributed by atoms with E-state index in [-0.39, 0.29) is 17.8 Å². The SMILES string of the molecule is O=C1c2ccccc2N[C@H](c2ccc(OC(F)F)cc2)N1C[C@@H]1CCCO1. The number of ether oxygens (including phenoxy) is 2. The molecular formula is C20H20F2N2O3. The fourth-order valence-electron chi connectivity index (χ4n) is 3.58. The van der Waals surface area contributed by atoms with Crippen molar-refractivity contribution in [3.63, 3.8) is 0 Å². The maximum Gasteiger partial charge on any atom is 0.387 e. The molecule has 0 unspecified atom stereocenters. The maximum atomic E-state index is 13.1. The monoisotopic (exact) mass is 374 g/mol. The van der Waals surface area contributed by atoms with E-state index in [0.717, 1.165) is 24.1 Å². The summed E-state index contributed by atoms with van der Waals surface area (Å²) in [5, 5.41) is 3.39. The topological polar surface area (TPSA) is 50.8 Å². The molecule has 27 heavy (non-hydrogen) atoms. The molecule has 0 aliphatic carbocycles. The van der Waals surface area contributed by atoms with Crippen molar-refractivity contribution in [2.24, 2.45) is 0 Å². The van der Waals surface area contributed by atoms with Crippen LogP contribution in [0, 0.1) is 0 Å². The van der Waals surface area contributed by atoms with Gasteiger partial charge < -0.3 is 19.7 Å².